The highest BCUT2D eigenvalue weighted by atomic mass is 16.2. The molecule has 0 fully saturated rings. The van der Waals surface area contributed by atoms with E-state index in [4.69, 9.17) is 0 Å². The van der Waals surface area contributed by atoms with Crippen LogP contribution in [0.2, 0.25) is 0 Å². The lowest BCUT2D eigenvalue weighted by Gasteiger charge is -2.26. The summed E-state index contributed by atoms with van der Waals surface area (Å²) in [6.45, 7) is 3.40. The Morgan fingerprint density at radius 1 is 1.64 bits per heavy atom. The van der Waals surface area contributed by atoms with Crippen LogP contribution in [0.25, 0.3) is 0 Å². The molecule has 0 saturated heterocycles. The van der Waals surface area contributed by atoms with Crippen LogP contribution in [0.1, 0.15) is 17.0 Å². The number of aryl methyl sites for hydroxylation is 1. The van der Waals surface area contributed by atoms with Crippen molar-refractivity contribution in [1.82, 2.24) is 20.4 Å². The number of rotatable bonds is 0. The first-order chi connectivity index (χ1) is 6.72. The van der Waals surface area contributed by atoms with Gasteiger partial charge in [-0.3, -0.25) is 5.10 Å². The Labute approximate surface area is 82.5 Å². The molecule has 0 aliphatic carbocycles. The maximum atomic E-state index is 11.4. The van der Waals surface area contributed by atoms with Crippen molar-refractivity contribution in [2.24, 2.45) is 0 Å². The molecule has 0 unspecified atom stereocenters. The number of aromatic nitrogens is 2. The summed E-state index contributed by atoms with van der Waals surface area (Å²) in [5.41, 5.74) is 3.33. The van der Waals surface area contributed by atoms with Gasteiger partial charge in [-0.05, 0) is 6.92 Å². The first-order valence-corrected chi connectivity index (χ1v) is 4.71. The fourth-order valence-corrected chi connectivity index (χ4v) is 1.76. The summed E-state index contributed by atoms with van der Waals surface area (Å²) in [6.07, 6.45) is 0.840. The molecule has 76 valence electrons. The van der Waals surface area contributed by atoms with E-state index >= 15 is 0 Å². The molecule has 2 N–H and O–H groups in total. The maximum absolute atomic E-state index is 11.4. The highest BCUT2D eigenvalue weighted by Crippen LogP contribution is 2.19. The van der Waals surface area contributed by atoms with Crippen LogP contribution >= 0.6 is 0 Å². The Hall–Kier alpha value is -1.52. The van der Waals surface area contributed by atoms with Crippen molar-refractivity contribution in [2.45, 2.75) is 19.9 Å². The van der Waals surface area contributed by atoms with Gasteiger partial charge in [-0.1, -0.05) is 0 Å². The number of hydrogen-bond donors (Lipinski definition) is 2. The third kappa shape index (κ3) is 1.34. The Morgan fingerprint density at radius 2 is 2.43 bits per heavy atom. The van der Waals surface area contributed by atoms with E-state index < -0.39 is 0 Å². The van der Waals surface area contributed by atoms with Crippen molar-refractivity contribution in [3.63, 3.8) is 0 Å². The smallest absolute Gasteiger partial charge is 0.317 e. The molecule has 2 rings (SSSR count). The molecule has 5 heteroatoms. The highest BCUT2D eigenvalue weighted by molar-refractivity contribution is 5.74. The quantitative estimate of drug-likeness (QED) is 0.628. The van der Waals surface area contributed by atoms with Crippen molar-refractivity contribution in [3.8, 4) is 0 Å². The van der Waals surface area contributed by atoms with Crippen LogP contribution in [0.15, 0.2) is 0 Å². The average Bonchev–Trinajstić information content (AvgIpc) is 2.59. The zero-order chi connectivity index (χ0) is 10.1. The maximum Gasteiger partial charge on any atom is 0.317 e. The number of amides is 2. The lowest BCUT2D eigenvalue weighted by molar-refractivity contribution is 0.194. The summed E-state index contributed by atoms with van der Waals surface area (Å²) in [7, 11) is 1.65. The summed E-state index contributed by atoms with van der Waals surface area (Å²) < 4.78 is 0. The monoisotopic (exact) mass is 194 g/mol. The molecule has 0 spiro atoms. The van der Waals surface area contributed by atoms with Gasteiger partial charge in [-0.25, -0.2) is 4.79 Å². The number of aromatic amines is 1. The first kappa shape index (κ1) is 9.05. The minimum atomic E-state index is -0.0174. The SMILES string of the molecule is CNC(=O)N1CCc2n[nH]c(C)c2C1. The van der Waals surface area contributed by atoms with E-state index in [2.05, 4.69) is 15.5 Å². The fraction of sp³-hybridized carbons (Fsp3) is 0.556. The third-order valence-corrected chi connectivity index (χ3v) is 2.63. The molecule has 2 heterocycles. The van der Waals surface area contributed by atoms with Crippen LogP contribution in [0.5, 0.6) is 0 Å². The van der Waals surface area contributed by atoms with E-state index in [0.717, 1.165) is 24.4 Å². The Morgan fingerprint density at radius 3 is 3.14 bits per heavy atom. The molecule has 14 heavy (non-hydrogen) atoms. The van der Waals surface area contributed by atoms with E-state index in [1.807, 2.05) is 6.92 Å². The van der Waals surface area contributed by atoms with Crippen molar-refractivity contribution in [2.75, 3.05) is 13.6 Å². The van der Waals surface area contributed by atoms with E-state index in [9.17, 15) is 4.79 Å². The summed E-state index contributed by atoms with van der Waals surface area (Å²) in [5, 5.41) is 9.77. The number of carbonyl (C=O) groups is 1. The molecule has 1 aromatic heterocycles. The molecule has 0 saturated carbocycles. The van der Waals surface area contributed by atoms with Gasteiger partial charge < -0.3 is 10.2 Å². The van der Waals surface area contributed by atoms with Crippen LogP contribution < -0.4 is 5.32 Å². The van der Waals surface area contributed by atoms with Crippen molar-refractivity contribution in [1.29, 1.82) is 0 Å². The van der Waals surface area contributed by atoms with Gasteiger partial charge in [0.1, 0.15) is 0 Å². The molecule has 5 nitrogen and oxygen atoms in total. The molecule has 1 aliphatic heterocycles. The highest BCUT2D eigenvalue weighted by Gasteiger charge is 2.22. The van der Waals surface area contributed by atoms with Gasteiger partial charge in [-0.15, -0.1) is 0 Å². The Kier molecular flexibility index (Phi) is 2.15. The number of nitrogens with zero attached hydrogens (tertiary/aromatic N) is 2. The summed E-state index contributed by atoms with van der Waals surface area (Å²) in [6, 6.07) is -0.0174. The van der Waals surface area contributed by atoms with Crippen LogP contribution in [0, 0.1) is 6.92 Å². The van der Waals surface area contributed by atoms with Crippen molar-refractivity contribution in [3.05, 3.63) is 17.0 Å². The van der Waals surface area contributed by atoms with Gasteiger partial charge >= 0.3 is 6.03 Å². The van der Waals surface area contributed by atoms with Crippen LogP contribution in [0.3, 0.4) is 0 Å². The number of fused-ring (bicyclic) bond motifs is 1. The molecule has 2 amide bonds. The Balaban J connectivity index is 2.20. The molecule has 0 bridgehead atoms. The van der Waals surface area contributed by atoms with E-state index in [0.29, 0.717) is 6.54 Å². The second-order valence-electron chi connectivity index (χ2n) is 3.50. The van der Waals surface area contributed by atoms with Crippen LogP contribution in [-0.4, -0.2) is 34.7 Å². The molecule has 1 aliphatic rings. The molecule has 0 aromatic carbocycles. The lowest BCUT2D eigenvalue weighted by atomic mass is 10.1. The van der Waals surface area contributed by atoms with Crippen molar-refractivity contribution >= 4 is 6.03 Å². The third-order valence-electron chi connectivity index (χ3n) is 2.63. The van der Waals surface area contributed by atoms with Gasteiger partial charge in [-0.2, -0.15) is 5.10 Å². The summed E-state index contributed by atoms with van der Waals surface area (Å²) in [5.74, 6) is 0. The molecule has 0 atom stereocenters. The fourth-order valence-electron chi connectivity index (χ4n) is 1.76. The zero-order valence-corrected chi connectivity index (χ0v) is 8.42. The lowest BCUT2D eigenvalue weighted by Crippen LogP contribution is -2.41. The minimum Gasteiger partial charge on any atom is -0.341 e. The number of carbonyl (C=O) groups excluding carboxylic acids is 1. The Bertz CT molecular complexity index is 358. The number of H-pyrrole nitrogens is 1. The van der Waals surface area contributed by atoms with Gasteiger partial charge in [0, 0.05) is 31.3 Å². The number of nitrogens with one attached hydrogen (secondary N) is 2. The minimum absolute atomic E-state index is 0.0174. The first-order valence-electron chi connectivity index (χ1n) is 4.71. The second-order valence-corrected chi connectivity index (χ2v) is 3.50. The van der Waals surface area contributed by atoms with Gasteiger partial charge in [0.05, 0.1) is 12.2 Å². The van der Waals surface area contributed by atoms with E-state index in [1.54, 1.807) is 11.9 Å². The molecule has 1 aromatic rings. The van der Waals surface area contributed by atoms with Gasteiger partial charge in [0.15, 0.2) is 0 Å². The van der Waals surface area contributed by atoms with Crippen LogP contribution in [0.4, 0.5) is 4.79 Å². The molecular formula is C9H14N4O. The number of urea groups is 1. The predicted molar refractivity (Wildman–Crippen MR) is 51.9 cm³/mol. The number of hydrogen-bond acceptors (Lipinski definition) is 2. The van der Waals surface area contributed by atoms with Crippen LogP contribution in [-0.2, 0) is 13.0 Å². The predicted octanol–water partition coefficient (Wildman–Crippen LogP) is 0.416. The zero-order valence-electron chi connectivity index (χ0n) is 8.42. The van der Waals surface area contributed by atoms with Gasteiger partial charge in [0.25, 0.3) is 0 Å². The molecular weight excluding hydrogens is 180 g/mol. The summed E-state index contributed by atoms with van der Waals surface area (Å²) in [4.78, 5) is 13.2. The van der Waals surface area contributed by atoms with Gasteiger partial charge in [0.2, 0.25) is 0 Å². The average molecular weight is 194 g/mol. The normalized spacial score (nSPS) is 15.1. The standard InChI is InChI=1S/C9H14N4O/c1-6-7-5-13(9(14)10-2)4-3-8(7)12-11-6/h3-5H2,1-2H3,(H,10,14)(H,11,12). The molecule has 0 radical (unpaired) electrons. The largest absolute Gasteiger partial charge is 0.341 e. The van der Waals surface area contributed by atoms with Crippen molar-refractivity contribution < 1.29 is 4.79 Å². The topological polar surface area (TPSA) is 61.0 Å². The van der Waals surface area contributed by atoms with E-state index in [1.165, 1.54) is 5.56 Å². The van der Waals surface area contributed by atoms with E-state index in [-0.39, 0.29) is 6.03 Å². The second kappa shape index (κ2) is 3.32. The summed E-state index contributed by atoms with van der Waals surface area (Å²) >= 11 is 0.